The average molecular weight is 575 g/mol. The van der Waals surface area contributed by atoms with Crippen molar-refractivity contribution in [2.75, 3.05) is 13.2 Å². The van der Waals surface area contributed by atoms with Gasteiger partial charge in [0.2, 0.25) is 5.91 Å². The highest BCUT2D eigenvalue weighted by atomic mass is 16.9. The van der Waals surface area contributed by atoms with E-state index in [-0.39, 0.29) is 36.7 Å². The number of aryl methyl sites for hydroxylation is 1. The molecule has 1 aliphatic rings. The molecule has 0 spiro atoms. The van der Waals surface area contributed by atoms with Crippen molar-refractivity contribution in [2.24, 2.45) is 11.8 Å². The Labute approximate surface area is 242 Å². The van der Waals surface area contributed by atoms with Gasteiger partial charge in [-0.15, -0.1) is 10.1 Å². The van der Waals surface area contributed by atoms with Crippen LogP contribution in [0, 0.1) is 22.0 Å². The molecule has 228 valence electrons. The fourth-order valence-corrected chi connectivity index (χ4v) is 5.06. The normalized spacial score (nSPS) is 21.2. The number of nitrogens with one attached hydrogen (secondary N) is 1. The summed E-state index contributed by atoms with van der Waals surface area (Å²) in [6.07, 6.45) is 11.9. The van der Waals surface area contributed by atoms with Gasteiger partial charge in [-0.05, 0) is 69.4 Å². The van der Waals surface area contributed by atoms with Gasteiger partial charge in [0.15, 0.2) is 0 Å². The van der Waals surface area contributed by atoms with Crippen molar-refractivity contribution in [2.45, 2.75) is 95.9 Å². The van der Waals surface area contributed by atoms with Crippen LogP contribution in [0.25, 0.3) is 0 Å². The van der Waals surface area contributed by atoms with Crippen molar-refractivity contribution < 1.29 is 34.5 Å². The Morgan fingerprint density at radius 2 is 1.88 bits per heavy atom. The summed E-state index contributed by atoms with van der Waals surface area (Å²) in [6, 6.07) is 9.91. The highest BCUT2D eigenvalue weighted by Crippen LogP contribution is 2.36. The lowest BCUT2D eigenvalue weighted by Gasteiger charge is -2.21. The van der Waals surface area contributed by atoms with Crippen LogP contribution >= 0.6 is 0 Å². The summed E-state index contributed by atoms with van der Waals surface area (Å²) in [5, 5.41) is 33.5. The van der Waals surface area contributed by atoms with Gasteiger partial charge >= 0.3 is 5.97 Å². The topological polar surface area (TPSA) is 148 Å². The summed E-state index contributed by atoms with van der Waals surface area (Å²) >= 11 is 0. The van der Waals surface area contributed by atoms with Gasteiger partial charge in [0.05, 0.1) is 18.8 Å². The maximum Gasteiger partial charge on any atom is 0.306 e. The predicted molar refractivity (Wildman–Crippen MR) is 155 cm³/mol. The second kappa shape index (κ2) is 19.8. The number of unbranched alkanes of at least 4 members (excludes halogenated alkanes) is 3. The Kier molecular flexibility index (Phi) is 16.4. The van der Waals surface area contributed by atoms with Gasteiger partial charge in [-0.25, -0.2) is 0 Å². The van der Waals surface area contributed by atoms with Gasteiger partial charge < -0.3 is 25.1 Å². The van der Waals surface area contributed by atoms with Gasteiger partial charge in [0, 0.05) is 31.7 Å². The summed E-state index contributed by atoms with van der Waals surface area (Å²) in [4.78, 5) is 38.7. The van der Waals surface area contributed by atoms with Crippen molar-refractivity contribution in [3.63, 3.8) is 0 Å². The number of amides is 1. The highest BCUT2D eigenvalue weighted by molar-refractivity contribution is 5.75. The molecule has 2 rings (SSSR count). The van der Waals surface area contributed by atoms with Crippen LogP contribution in [-0.2, 0) is 25.6 Å². The van der Waals surface area contributed by atoms with Crippen LogP contribution in [0.4, 0.5) is 0 Å². The zero-order valence-corrected chi connectivity index (χ0v) is 24.1. The maximum atomic E-state index is 12.6. The molecule has 5 atom stereocenters. The molecule has 1 saturated carbocycles. The molecule has 1 aromatic rings. The van der Waals surface area contributed by atoms with E-state index >= 15 is 0 Å². The van der Waals surface area contributed by atoms with E-state index in [4.69, 9.17) is 4.74 Å². The molecule has 0 aliphatic heterocycles. The van der Waals surface area contributed by atoms with E-state index in [1.54, 1.807) is 0 Å². The molecule has 1 aromatic carbocycles. The summed E-state index contributed by atoms with van der Waals surface area (Å²) in [7, 11) is 0. The van der Waals surface area contributed by atoms with E-state index in [1.807, 2.05) is 61.6 Å². The third-order valence-corrected chi connectivity index (χ3v) is 7.25. The van der Waals surface area contributed by atoms with Crippen LogP contribution in [0.3, 0.4) is 0 Å². The van der Waals surface area contributed by atoms with Crippen LogP contribution in [-0.4, -0.2) is 58.6 Å². The molecular formula is C31H46N2O8. The Balaban J connectivity index is 1.93. The molecule has 1 aliphatic carbocycles. The molecular weight excluding hydrogens is 528 g/mol. The summed E-state index contributed by atoms with van der Waals surface area (Å²) in [6.45, 7) is 2.52. The fraction of sp³-hybridized carbons (Fsp3) is 0.613. The lowest BCUT2D eigenvalue weighted by atomic mass is 9.89. The second-order valence-corrected chi connectivity index (χ2v) is 10.5. The monoisotopic (exact) mass is 574 g/mol. The van der Waals surface area contributed by atoms with Crippen LogP contribution in [0.1, 0.15) is 76.7 Å². The number of benzene rings is 1. The standard InChI is InChI=1S/C31H46N2O8/c1-2-32-30(36)16-10-4-3-9-15-26-27(29(35)23-28(26)34)21-20-25(19-18-24-13-7-5-8-14-24)41-31(37)17-11-6-12-22-40-33(38)39/h3,5,7-9,13-14,20-21,25-29,34-35H,2,4,6,10-12,15-19,22-23H2,1H3,(H,32,36)/b9-3-,21-20+. The molecule has 3 N–H and O–H groups in total. The molecule has 0 heterocycles. The predicted octanol–water partition coefficient (Wildman–Crippen LogP) is 4.47. The van der Waals surface area contributed by atoms with Crippen molar-refractivity contribution in [3.8, 4) is 0 Å². The Morgan fingerprint density at radius 1 is 1.10 bits per heavy atom. The number of nitrogens with zero attached hydrogens (tertiary/aromatic N) is 1. The Morgan fingerprint density at radius 3 is 2.61 bits per heavy atom. The molecule has 1 amide bonds. The van der Waals surface area contributed by atoms with Crippen LogP contribution in [0.5, 0.6) is 0 Å². The van der Waals surface area contributed by atoms with Gasteiger partial charge in [-0.3, -0.25) is 9.59 Å². The first-order valence-electron chi connectivity index (χ1n) is 14.8. The van der Waals surface area contributed by atoms with E-state index in [1.165, 1.54) is 0 Å². The van der Waals surface area contributed by atoms with Gasteiger partial charge in [0.25, 0.3) is 5.09 Å². The number of aliphatic hydroxyl groups is 2. The minimum absolute atomic E-state index is 0.00647. The lowest BCUT2D eigenvalue weighted by Crippen LogP contribution is -2.22. The number of carbonyl (C=O) groups is 2. The molecule has 10 nitrogen and oxygen atoms in total. The quantitative estimate of drug-likeness (QED) is 0.0679. The molecule has 5 unspecified atom stereocenters. The summed E-state index contributed by atoms with van der Waals surface area (Å²) < 4.78 is 5.78. The zero-order chi connectivity index (χ0) is 29.9. The minimum atomic E-state index is -0.824. The van der Waals surface area contributed by atoms with Crippen molar-refractivity contribution in [1.82, 2.24) is 5.32 Å². The first-order chi connectivity index (χ1) is 19.8. The van der Waals surface area contributed by atoms with E-state index in [9.17, 15) is 29.9 Å². The van der Waals surface area contributed by atoms with E-state index < -0.39 is 23.4 Å². The smallest absolute Gasteiger partial charge is 0.306 e. The van der Waals surface area contributed by atoms with E-state index in [2.05, 4.69) is 10.2 Å². The van der Waals surface area contributed by atoms with Crippen LogP contribution in [0.15, 0.2) is 54.6 Å². The number of carbonyl (C=O) groups excluding carboxylic acids is 2. The van der Waals surface area contributed by atoms with Crippen molar-refractivity contribution in [3.05, 3.63) is 70.3 Å². The first-order valence-corrected chi connectivity index (χ1v) is 14.8. The van der Waals surface area contributed by atoms with E-state index in [0.717, 1.165) is 18.4 Å². The Hall–Kier alpha value is -3.24. The number of allylic oxidation sites excluding steroid dienone is 2. The molecule has 10 heteroatoms. The molecule has 41 heavy (non-hydrogen) atoms. The first kappa shape index (κ1) is 34.0. The minimum Gasteiger partial charge on any atom is -0.458 e. The van der Waals surface area contributed by atoms with Crippen molar-refractivity contribution >= 4 is 11.9 Å². The van der Waals surface area contributed by atoms with Gasteiger partial charge in [-0.2, -0.15) is 0 Å². The molecule has 1 fully saturated rings. The molecule has 0 bridgehead atoms. The zero-order valence-electron chi connectivity index (χ0n) is 24.1. The Bertz CT molecular complexity index is 968. The number of esters is 1. The highest BCUT2D eigenvalue weighted by Gasteiger charge is 2.39. The van der Waals surface area contributed by atoms with Gasteiger partial charge in [-0.1, -0.05) is 55.0 Å². The molecule has 0 saturated heterocycles. The summed E-state index contributed by atoms with van der Waals surface area (Å²) in [5.41, 5.74) is 1.12. The van der Waals surface area contributed by atoms with Crippen LogP contribution in [0.2, 0.25) is 0 Å². The lowest BCUT2D eigenvalue weighted by molar-refractivity contribution is -0.757. The second-order valence-electron chi connectivity index (χ2n) is 10.5. The number of aliphatic hydroxyl groups excluding tert-OH is 2. The van der Waals surface area contributed by atoms with Crippen LogP contribution < -0.4 is 5.32 Å². The fourth-order valence-electron chi connectivity index (χ4n) is 5.06. The van der Waals surface area contributed by atoms with Crippen molar-refractivity contribution in [1.29, 1.82) is 0 Å². The third kappa shape index (κ3) is 14.3. The maximum absolute atomic E-state index is 12.6. The number of hydrogen-bond acceptors (Lipinski definition) is 8. The van der Waals surface area contributed by atoms with Gasteiger partial charge in [0.1, 0.15) is 6.10 Å². The SMILES string of the molecule is CCNC(=O)CCC/C=C\CC1C(O)CC(O)C1/C=C/C(CCc1ccccc1)OC(=O)CCCCCO[N+](=O)[O-]. The number of rotatable bonds is 20. The summed E-state index contributed by atoms with van der Waals surface area (Å²) in [5.74, 6) is -0.732. The molecule has 0 aromatic heterocycles. The van der Waals surface area contributed by atoms with E-state index in [0.29, 0.717) is 57.9 Å². The third-order valence-electron chi connectivity index (χ3n) is 7.25. The average Bonchev–Trinajstić information content (AvgIpc) is 3.21. The number of hydrogen-bond donors (Lipinski definition) is 3. The largest absolute Gasteiger partial charge is 0.458 e. The number of ether oxygens (including phenoxy) is 1. The molecule has 0 radical (unpaired) electrons.